The van der Waals surface area contributed by atoms with Crippen LogP contribution in [-0.4, -0.2) is 16.1 Å². The van der Waals surface area contributed by atoms with Crippen LogP contribution in [0, 0.1) is 6.92 Å². The van der Waals surface area contributed by atoms with Crippen LogP contribution in [0.25, 0.3) is 22.0 Å². The predicted octanol–water partition coefficient (Wildman–Crippen LogP) is 4.86. The molecule has 5 nitrogen and oxygen atoms in total. The Morgan fingerprint density at radius 3 is 2.44 bits per heavy atom. The Bertz CT molecular complexity index is 973. The van der Waals surface area contributed by atoms with Gasteiger partial charge in [-0.25, -0.2) is 4.98 Å². The van der Waals surface area contributed by atoms with Crippen LogP contribution in [-0.2, 0) is 0 Å². The van der Waals surface area contributed by atoms with Crippen molar-refractivity contribution in [2.75, 3.05) is 11.5 Å². The summed E-state index contributed by atoms with van der Waals surface area (Å²) >= 11 is 12.6. The van der Waals surface area contributed by atoms with Crippen molar-refractivity contribution < 1.29 is 4.74 Å². The van der Waals surface area contributed by atoms with Gasteiger partial charge in [-0.3, -0.25) is 0 Å². The van der Waals surface area contributed by atoms with E-state index < -0.39 is 0 Å². The number of nitrogens with zero attached hydrogens (tertiary/aromatic N) is 2. The first kappa shape index (κ1) is 17.6. The maximum atomic E-state index is 6.38. The number of hydrogen-bond donors (Lipinski definition) is 2. The molecule has 2 aromatic carbocycles. The molecular weight excluding hydrogens is 359 g/mol. The SMILES string of the molecule is Cc1c(-c2cc(Cl)cc(Cl)c2OC(C)C)ccc2nc(N)nc(N)c12. The lowest BCUT2D eigenvalue weighted by Gasteiger charge is -2.18. The van der Waals surface area contributed by atoms with Crippen LogP contribution < -0.4 is 16.2 Å². The van der Waals surface area contributed by atoms with Gasteiger partial charge in [0.1, 0.15) is 11.6 Å². The zero-order valence-corrected chi connectivity index (χ0v) is 15.6. The molecule has 0 spiro atoms. The number of anilines is 2. The van der Waals surface area contributed by atoms with Gasteiger partial charge in [-0.1, -0.05) is 29.3 Å². The van der Waals surface area contributed by atoms with Crippen LogP contribution in [0.1, 0.15) is 19.4 Å². The number of nitrogens with two attached hydrogens (primary N) is 2. The van der Waals surface area contributed by atoms with Crippen LogP contribution in [0.2, 0.25) is 10.0 Å². The Morgan fingerprint density at radius 1 is 1.04 bits per heavy atom. The average Bonchev–Trinajstić information content (AvgIpc) is 2.49. The fourth-order valence-corrected chi connectivity index (χ4v) is 3.39. The summed E-state index contributed by atoms with van der Waals surface area (Å²) in [6.45, 7) is 5.83. The summed E-state index contributed by atoms with van der Waals surface area (Å²) in [5, 5.41) is 1.73. The van der Waals surface area contributed by atoms with Gasteiger partial charge in [-0.15, -0.1) is 0 Å². The molecule has 3 aromatic rings. The van der Waals surface area contributed by atoms with Crippen LogP contribution in [0.15, 0.2) is 24.3 Å². The largest absolute Gasteiger partial charge is 0.489 e. The molecule has 0 amide bonds. The lowest BCUT2D eigenvalue weighted by atomic mass is 9.96. The summed E-state index contributed by atoms with van der Waals surface area (Å²) in [5.74, 6) is 1.06. The Hall–Kier alpha value is -2.24. The number of benzene rings is 2. The lowest BCUT2D eigenvalue weighted by molar-refractivity contribution is 0.243. The third kappa shape index (κ3) is 3.30. The highest BCUT2D eigenvalue weighted by molar-refractivity contribution is 6.36. The molecular formula is C18H18Cl2N4O. The third-order valence-corrected chi connectivity index (χ3v) is 4.32. The summed E-state index contributed by atoms with van der Waals surface area (Å²) in [5.41, 5.74) is 15.0. The van der Waals surface area contributed by atoms with Crippen LogP contribution in [0.3, 0.4) is 0 Å². The Kier molecular flexibility index (Phi) is 4.62. The molecule has 0 aliphatic carbocycles. The number of rotatable bonds is 3. The molecule has 4 N–H and O–H groups in total. The minimum Gasteiger partial charge on any atom is -0.489 e. The van der Waals surface area contributed by atoms with E-state index in [0.717, 1.165) is 22.1 Å². The molecule has 1 aromatic heterocycles. The smallest absolute Gasteiger partial charge is 0.222 e. The standard InChI is InChI=1S/C18H18Cl2N4O/c1-8(2)25-16-12(6-10(19)7-13(16)20)11-4-5-14-15(9(11)3)17(21)24-18(22)23-14/h4-8H,1-3H3,(H4,21,22,23,24). The third-order valence-electron chi connectivity index (χ3n) is 3.82. The molecule has 25 heavy (non-hydrogen) atoms. The molecule has 0 bridgehead atoms. The van der Waals surface area contributed by atoms with Gasteiger partial charge in [0.25, 0.3) is 0 Å². The second kappa shape index (κ2) is 6.58. The number of hydrogen-bond acceptors (Lipinski definition) is 5. The van der Waals surface area contributed by atoms with Gasteiger partial charge in [0.2, 0.25) is 5.95 Å². The highest BCUT2D eigenvalue weighted by Crippen LogP contribution is 2.42. The quantitative estimate of drug-likeness (QED) is 0.680. The van der Waals surface area contributed by atoms with E-state index in [1.54, 1.807) is 6.07 Å². The Labute approximate surface area is 155 Å². The number of fused-ring (bicyclic) bond motifs is 1. The number of aryl methyl sites for hydroxylation is 1. The molecule has 0 fully saturated rings. The topological polar surface area (TPSA) is 87.0 Å². The summed E-state index contributed by atoms with van der Waals surface area (Å²) < 4.78 is 5.93. The maximum Gasteiger partial charge on any atom is 0.222 e. The van der Waals surface area contributed by atoms with Gasteiger partial charge in [0, 0.05) is 16.0 Å². The Morgan fingerprint density at radius 2 is 1.76 bits per heavy atom. The summed E-state index contributed by atoms with van der Waals surface area (Å²) in [4.78, 5) is 8.31. The fraction of sp³-hybridized carbons (Fsp3) is 0.222. The number of halogens is 2. The average molecular weight is 377 g/mol. The molecule has 0 aliphatic heterocycles. The molecule has 130 valence electrons. The van der Waals surface area contributed by atoms with Crippen molar-refractivity contribution in [3.63, 3.8) is 0 Å². The van der Waals surface area contributed by atoms with Gasteiger partial charge in [0.05, 0.1) is 16.6 Å². The van der Waals surface area contributed by atoms with Crippen molar-refractivity contribution in [2.24, 2.45) is 0 Å². The maximum absolute atomic E-state index is 6.38. The van der Waals surface area contributed by atoms with Crippen molar-refractivity contribution in [3.05, 3.63) is 39.9 Å². The van der Waals surface area contributed by atoms with E-state index in [9.17, 15) is 0 Å². The van der Waals surface area contributed by atoms with E-state index in [1.807, 2.05) is 39.0 Å². The molecule has 0 saturated heterocycles. The highest BCUT2D eigenvalue weighted by atomic mass is 35.5. The van der Waals surface area contributed by atoms with E-state index in [-0.39, 0.29) is 12.1 Å². The highest BCUT2D eigenvalue weighted by Gasteiger charge is 2.18. The van der Waals surface area contributed by atoms with E-state index in [1.165, 1.54) is 0 Å². The molecule has 0 saturated carbocycles. The van der Waals surface area contributed by atoms with Gasteiger partial charge in [-0.05, 0) is 50.1 Å². The second-order valence-corrected chi connectivity index (χ2v) is 6.87. The monoisotopic (exact) mass is 376 g/mol. The Balaban J connectivity index is 2.32. The number of ether oxygens (including phenoxy) is 1. The van der Waals surface area contributed by atoms with Crippen molar-refractivity contribution in [2.45, 2.75) is 26.9 Å². The van der Waals surface area contributed by atoms with Gasteiger partial charge in [0.15, 0.2) is 0 Å². The van der Waals surface area contributed by atoms with Crippen molar-refractivity contribution in [1.29, 1.82) is 0 Å². The van der Waals surface area contributed by atoms with Crippen molar-refractivity contribution >= 4 is 45.9 Å². The number of nitrogen functional groups attached to an aromatic ring is 2. The molecule has 0 atom stereocenters. The summed E-state index contributed by atoms with van der Waals surface area (Å²) in [6.07, 6.45) is -0.0358. The zero-order chi connectivity index (χ0) is 18.3. The van der Waals surface area contributed by atoms with Gasteiger partial charge in [-0.2, -0.15) is 4.98 Å². The van der Waals surface area contributed by atoms with E-state index in [4.69, 9.17) is 39.4 Å². The lowest BCUT2D eigenvalue weighted by Crippen LogP contribution is -2.07. The molecule has 1 heterocycles. The van der Waals surface area contributed by atoms with Crippen molar-refractivity contribution in [1.82, 2.24) is 9.97 Å². The summed E-state index contributed by atoms with van der Waals surface area (Å²) in [7, 11) is 0. The minimum absolute atomic E-state index is 0.0358. The van der Waals surface area contributed by atoms with Crippen LogP contribution in [0.5, 0.6) is 5.75 Å². The van der Waals surface area contributed by atoms with Crippen LogP contribution >= 0.6 is 23.2 Å². The molecule has 0 aliphatic rings. The zero-order valence-electron chi connectivity index (χ0n) is 14.1. The van der Waals surface area contributed by atoms with E-state index >= 15 is 0 Å². The van der Waals surface area contributed by atoms with E-state index in [0.29, 0.717) is 27.1 Å². The first-order chi connectivity index (χ1) is 11.8. The molecule has 0 unspecified atom stereocenters. The molecule has 0 radical (unpaired) electrons. The first-order valence-electron chi connectivity index (χ1n) is 7.76. The van der Waals surface area contributed by atoms with E-state index in [2.05, 4.69) is 9.97 Å². The number of aromatic nitrogens is 2. The van der Waals surface area contributed by atoms with Gasteiger partial charge < -0.3 is 16.2 Å². The molecule has 7 heteroatoms. The predicted molar refractivity (Wildman–Crippen MR) is 104 cm³/mol. The van der Waals surface area contributed by atoms with Crippen LogP contribution in [0.4, 0.5) is 11.8 Å². The molecule has 3 rings (SSSR count). The van der Waals surface area contributed by atoms with Gasteiger partial charge >= 0.3 is 0 Å². The summed E-state index contributed by atoms with van der Waals surface area (Å²) in [6, 6.07) is 7.27. The fourth-order valence-electron chi connectivity index (χ4n) is 2.85. The minimum atomic E-state index is -0.0358. The normalized spacial score (nSPS) is 11.3. The van der Waals surface area contributed by atoms with Crippen molar-refractivity contribution in [3.8, 4) is 16.9 Å². The first-order valence-corrected chi connectivity index (χ1v) is 8.52. The second-order valence-electron chi connectivity index (χ2n) is 6.03.